The van der Waals surface area contributed by atoms with Crippen LogP contribution in [0.15, 0.2) is 34.7 Å². The smallest absolute Gasteiger partial charge is 0.313 e. The van der Waals surface area contributed by atoms with Crippen LogP contribution in [0.3, 0.4) is 0 Å². The van der Waals surface area contributed by atoms with Crippen molar-refractivity contribution in [3.05, 3.63) is 36.2 Å². The molecule has 0 saturated heterocycles. The summed E-state index contributed by atoms with van der Waals surface area (Å²) in [5.74, 6) is 1.08. The van der Waals surface area contributed by atoms with Gasteiger partial charge in [0.15, 0.2) is 11.6 Å². The fourth-order valence-electron chi connectivity index (χ4n) is 1.33. The first-order valence-corrected chi connectivity index (χ1v) is 4.38. The highest BCUT2D eigenvalue weighted by atomic mass is 16.6. The van der Waals surface area contributed by atoms with Crippen molar-refractivity contribution in [2.24, 2.45) is 0 Å². The van der Waals surface area contributed by atoms with E-state index in [0.29, 0.717) is 11.8 Å². The van der Waals surface area contributed by atoms with Crippen LogP contribution < -0.4 is 4.74 Å². The van der Waals surface area contributed by atoms with E-state index in [9.17, 15) is 0 Å². The summed E-state index contributed by atoms with van der Waals surface area (Å²) in [6, 6.07) is 9.82. The van der Waals surface area contributed by atoms with Crippen molar-refractivity contribution in [1.82, 2.24) is 4.98 Å². The molecule has 0 saturated carbocycles. The monoisotopic (exact) mass is 189 g/mol. The molecule has 3 nitrogen and oxygen atoms in total. The Morgan fingerprint density at radius 1 is 1.21 bits per heavy atom. The van der Waals surface area contributed by atoms with Crippen LogP contribution >= 0.6 is 0 Å². The molecular formula is C11H11NO2. The second-order valence-electron chi connectivity index (χ2n) is 2.94. The van der Waals surface area contributed by atoms with Gasteiger partial charge in [-0.15, -0.1) is 0 Å². The summed E-state index contributed by atoms with van der Waals surface area (Å²) in [5, 5.41) is 0. The van der Waals surface area contributed by atoms with Crippen LogP contribution in [0.2, 0.25) is 0 Å². The SMILES string of the molecule is COc1oc(C)nc1-c1ccccc1. The van der Waals surface area contributed by atoms with Gasteiger partial charge in [-0.2, -0.15) is 0 Å². The van der Waals surface area contributed by atoms with Crippen molar-refractivity contribution >= 4 is 0 Å². The standard InChI is InChI=1S/C11H11NO2/c1-8-12-10(11(13-2)14-8)9-6-4-3-5-7-9/h3-7H,1-2H3. The van der Waals surface area contributed by atoms with Gasteiger partial charge in [0.25, 0.3) is 0 Å². The molecule has 0 unspecified atom stereocenters. The minimum Gasteiger partial charge on any atom is -0.467 e. The van der Waals surface area contributed by atoms with E-state index in [4.69, 9.17) is 9.15 Å². The molecule has 2 aromatic rings. The molecule has 1 heterocycles. The highest BCUT2D eigenvalue weighted by Crippen LogP contribution is 2.29. The molecule has 0 bridgehead atoms. The third-order valence-corrected chi connectivity index (χ3v) is 1.94. The average molecular weight is 189 g/mol. The zero-order valence-corrected chi connectivity index (χ0v) is 8.15. The van der Waals surface area contributed by atoms with Crippen LogP contribution in [-0.4, -0.2) is 12.1 Å². The lowest BCUT2D eigenvalue weighted by atomic mass is 10.2. The van der Waals surface area contributed by atoms with Gasteiger partial charge in [0.1, 0.15) is 0 Å². The number of benzene rings is 1. The van der Waals surface area contributed by atoms with Crippen LogP contribution in [-0.2, 0) is 0 Å². The van der Waals surface area contributed by atoms with E-state index in [0.717, 1.165) is 11.3 Å². The van der Waals surface area contributed by atoms with Crippen LogP contribution in [0.4, 0.5) is 0 Å². The van der Waals surface area contributed by atoms with Crippen LogP contribution in [0, 0.1) is 6.92 Å². The summed E-state index contributed by atoms with van der Waals surface area (Å²) in [6.07, 6.45) is 0. The molecule has 0 radical (unpaired) electrons. The molecule has 1 aromatic heterocycles. The minimum atomic E-state index is 0.466. The van der Waals surface area contributed by atoms with Crippen molar-refractivity contribution in [2.75, 3.05) is 7.11 Å². The summed E-state index contributed by atoms with van der Waals surface area (Å²) in [4.78, 5) is 4.26. The number of nitrogens with zero attached hydrogens (tertiary/aromatic N) is 1. The van der Waals surface area contributed by atoms with Crippen molar-refractivity contribution < 1.29 is 9.15 Å². The Bertz CT molecular complexity index is 420. The molecular weight excluding hydrogens is 178 g/mol. The van der Waals surface area contributed by atoms with Crippen LogP contribution in [0.5, 0.6) is 5.95 Å². The molecule has 3 heteroatoms. The summed E-state index contributed by atoms with van der Waals surface area (Å²) in [5.41, 5.74) is 1.76. The fraction of sp³-hybridized carbons (Fsp3) is 0.182. The van der Waals surface area contributed by atoms with E-state index < -0.39 is 0 Å². The maximum atomic E-state index is 5.28. The summed E-state index contributed by atoms with van der Waals surface area (Å²) in [6.45, 7) is 1.80. The maximum absolute atomic E-state index is 5.28. The zero-order valence-electron chi connectivity index (χ0n) is 8.15. The molecule has 2 rings (SSSR count). The highest BCUT2D eigenvalue weighted by molar-refractivity contribution is 5.63. The third-order valence-electron chi connectivity index (χ3n) is 1.94. The van der Waals surface area contributed by atoms with E-state index in [-0.39, 0.29) is 0 Å². The molecule has 0 fully saturated rings. The van der Waals surface area contributed by atoms with E-state index >= 15 is 0 Å². The van der Waals surface area contributed by atoms with E-state index in [1.54, 1.807) is 14.0 Å². The molecule has 0 amide bonds. The van der Waals surface area contributed by atoms with Crippen molar-refractivity contribution in [2.45, 2.75) is 6.92 Å². The Morgan fingerprint density at radius 3 is 2.57 bits per heavy atom. The lowest BCUT2D eigenvalue weighted by Crippen LogP contribution is -1.84. The molecule has 0 aliphatic carbocycles. The molecule has 72 valence electrons. The Hall–Kier alpha value is -1.77. The molecule has 1 aromatic carbocycles. The molecule has 0 atom stereocenters. The summed E-state index contributed by atoms with van der Waals surface area (Å²) >= 11 is 0. The van der Waals surface area contributed by atoms with Gasteiger partial charge in [0, 0.05) is 12.5 Å². The van der Waals surface area contributed by atoms with Gasteiger partial charge in [0.05, 0.1) is 7.11 Å². The number of rotatable bonds is 2. The van der Waals surface area contributed by atoms with E-state index in [1.165, 1.54) is 0 Å². The fourth-order valence-corrected chi connectivity index (χ4v) is 1.33. The number of hydrogen-bond acceptors (Lipinski definition) is 3. The normalized spacial score (nSPS) is 10.1. The second kappa shape index (κ2) is 3.54. The average Bonchev–Trinajstić information content (AvgIpc) is 2.61. The second-order valence-corrected chi connectivity index (χ2v) is 2.94. The van der Waals surface area contributed by atoms with Gasteiger partial charge >= 0.3 is 5.95 Å². The first-order valence-electron chi connectivity index (χ1n) is 4.38. The Kier molecular flexibility index (Phi) is 2.23. The van der Waals surface area contributed by atoms with Crippen molar-refractivity contribution in [3.63, 3.8) is 0 Å². The predicted molar refractivity (Wildman–Crippen MR) is 53.2 cm³/mol. The Labute approximate surface area is 82.3 Å². The minimum absolute atomic E-state index is 0.466. The zero-order chi connectivity index (χ0) is 9.97. The molecule has 0 N–H and O–H groups in total. The molecule has 0 spiro atoms. The van der Waals surface area contributed by atoms with Gasteiger partial charge < -0.3 is 9.15 Å². The van der Waals surface area contributed by atoms with Gasteiger partial charge in [-0.3, -0.25) is 0 Å². The lowest BCUT2D eigenvalue weighted by Gasteiger charge is -1.97. The van der Waals surface area contributed by atoms with Crippen LogP contribution in [0.1, 0.15) is 5.89 Å². The highest BCUT2D eigenvalue weighted by Gasteiger charge is 2.12. The Morgan fingerprint density at radius 2 is 1.93 bits per heavy atom. The maximum Gasteiger partial charge on any atom is 0.313 e. The molecule has 0 aliphatic rings. The first kappa shape index (κ1) is 8.81. The largest absolute Gasteiger partial charge is 0.467 e. The Balaban J connectivity index is 2.51. The number of oxazole rings is 1. The lowest BCUT2D eigenvalue weighted by molar-refractivity contribution is 0.299. The summed E-state index contributed by atoms with van der Waals surface area (Å²) in [7, 11) is 1.58. The first-order chi connectivity index (χ1) is 6.81. The quantitative estimate of drug-likeness (QED) is 0.728. The van der Waals surface area contributed by atoms with Crippen molar-refractivity contribution in [3.8, 4) is 17.2 Å². The van der Waals surface area contributed by atoms with Gasteiger partial charge in [-0.25, -0.2) is 4.98 Å². The number of aromatic nitrogens is 1. The van der Waals surface area contributed by atoms with Gasteiger partial charge in [0.2, 0.25) is 0 Å². The molecule has 14 heavy (non-hydrogen) atoms. The van der Waals surface area contributed by atoms with Crippen LogP contribution in [0.25, 0.3) is 11.3 Å². The van der Waals surface area contributed by atoms with Gasteiger partial charge in [-0.1, -0.05) is 30.3 Å². The van der Waals surface area contributed by atoms with E-state index in [2.05, 4.69) is 4.98 Å². The number of hydrogen-bond donors (Lipinski definition) is 0. The van der Waals surface area contributed by atoms with Crippen molar-refractivity contribution in [1.29, 1.82) is 0 Å². The topological polar surface area (TPSA) is 35.3 Å². The number of aryl methyl sites for hydroxylation is 1. The third kappa shape index (κ3) is 1.48. The number of methoxy groups -OCH3 is 1. The molecule has 0 aliphatic heterocycles. The summed E-state index contributed by atoms with van der Waals surface area (Å²) < 4.78 is 10.4. The van der Waals surface area contributed by atoms with E-state index in [1.807, 2.05) is 30.3 Å². The van der Waals surface area contributed by atoms with Gasteiger partial charge in [-0.05, 0) is 0 Å². The number of ether oxygens (including phenoxy) is 1. The predicted octanol–water partition coefficient (Wildman–Crippen LogP) is 2.66.